The van der Waals surface area contributed by atoms with E-state index in [-0.39, 0.29) is 6.42 Å². The third kappa shape index (κ3) is 9.88. The summed E-state index contributed by atoms with van der Waals surface area (Å²) in [6, 6.07) is 3.28. The highest BCUT2D eigenvalue weighted by molar-refractivity contribution is 5.75. The number of esters is 1. The highest BCUT2D eigenvalue weighted by Crippen LogP contribution is 2.26. The lowest BCUT2D eigenvalue weighted by Crippen LogP contribution is -2.42. The second kappa shape index (κ2) is 14.1. The number of nitrogens with two attached hydrogens (primary N) is 1. The Hall–Kier alpha value is -1.95. The molecule has 0 aromatic carbocycles. The number of carbonyl (C=O) groups is 2. The largest absolute Gasteiger partial charge is 0.480 e. The van der Waals surface area contributed by atoms with Gasteiger partial charge in [0.25, 0.3) is 0 Å². The highest BCUT2D eigenvalue weighted by Gasteiger charge is 2.23. The molecule has 164 valence electrons. The minimum Gasteiger partial charge on any atom is -0.480 e. The minimum atomic E-state index is -1.19. The van der Waals surface area contributed by atoms with Crippen LogP contribution in [0.3, 0.4) is 0 Å². The van der Waals surface area contributed by atoms with Gasteiger partial charge in [-0.25, -0.2) is 4.57 Å². The first kappa shape index (κ1) is 25.1. The molecule has 0 aliphatic rings. The molecule has 0 aliphatic carbocycles. The molecule has 29 heavy (non-hydrogen) atoms. The minimum absolute atomic E-state index is 0.269. The second-order valence-corrected chi connectivity index (χ2v) is 7.87. The zero-order valence-electron chi connectivity index (χ0n) is 18.3. The smallest absolute Gasteiger partial charge is 0.324 e. The fraction of sp³-hybridized carbons (Fsp3) is 0.696. The van der Waals surface area contributed by atoms with Crippen LogP contribution in [0.2, 0.25) is 0 Å². The summed E-state index contributed by atoms with van der Waals surface area (Å²) in [7, 11) is 0. The summed E-state index contributed by atoms with van der Waals surface area (Å²) in [5.41, 5.74) is 6.87. The first-order valence-electron chi connectivity index (χ1n) is 11.1. The van der Waals surface area contributed by atoms with Gasteiger partial charge in [0.2, 0.25) is 0 Å². The van der Waals surface area contributed by atoms with E-state index in [1.807, 2.05) is 0 Å². The summed E-state index contributed by atoms with van der Waals surface area (Å²) in [4.78, 5) is 22.6. The zero-order valence-corrected chi connectivity index (χ0v) is 18.3. The van der Waals surface area contributed by atoms with E-state index in [4.69, 9.17) is 15.6 Å². The predicted molar refractivity (Wildman–Crippen MR) is 113 cm³/mol. The number of pyridine rings is 1. The number of rotatable bonds is 15. The Kier molecular flexibility index (Phi) is 12.2. The van der Waals surface area contributed by atoms with Crippen molar-refractivity contribution in [2.75, 3.05) is 0 Å². The fourth-order valence-corrected chi connectivity index (χ4v) is 3.37. The Morgan fingerprint density at radius 3 is 2.17 bits per heavy atom. The lowest BCUT2D eigenvalue weighted by molar-refractivity contribution is -0.697. The van der Waals surface area contributed by atoms with Crippen molar-refractivity contribution in [2.45, 2.75) is 103 Å². The molecule has 0 bridgehead atoms. The Morgan fingerprint density at radius 2 is 1.66 bits per heavy atom. The maximum absolute atomic E-state index is 11.8. The van der Waals surface area contributed by atoms with Crippen molar-refractivity contribution >= 4 is 11.9 Å². The first-order chi connectivity index (χ1) is 13.9. The van der Waals surface area contributed by atoms with Gasteiger partial charge >= 0.3 is 11.9 Å². The van der Waals surface area contributed by atoms with Gasteiger partial charge in [0.1, 0.15) is 18.7 Å². The molecule has 0 fully saturated rings. The van der Waals surface area contributed by atoms with Gasteiger partial charge < -0.3 is 15.6 Å². The van der Waals surface area contributed by atoms with Crippen LogP contribution in [0.5, 0.6) is 0 Å². The molecule has 0 radical (unpaired) electrons. The highest BCUT2D eigenvalue weighted by atomic mass is 16.5. The number of ether oxygens (including phenoxy) is 1. The molecule has 0 saturated heterocycles. The van der Waals surface area contributed by atoms with Gasteiger partial charge in [-0.1, -0.05) is 39.5 Å². The normalized spacial score (nSPS) is 13.3. The second-order valence-electron chi connectivity index (χ2n) is 7.87. The van der Waals surface area contributed by atoms with E-state index in [1.54, 1.807) is 0 Å². The quantitative estimate of drug-likeness (QED) is 0.261. The topological polar surface area (TPSA) is 93.5 Å². The number of carboxylic acid groups (broad SMARTS) is 1. The summed E-state index contributed by atoms with van der Waals surface area (Å²) < 4.78 is 7.23. The number of hydrogen-bond acceptors (Lipinski definition) is 4. The maximum atomic E-state index is 11.8. The van der Waals surface area contributed by atoms with E-state index in [0.29, 0.717) is 12.3 Å². The van der Waals surface area contributed by atoms with Gasteiger partial charge in [-0.15, -0.1) is 0 Å². The van der Waals surface area contributed by atoms with Gasteiger partial charge in [0, 0.05) is 25.0 Å². The number of hydrogen-bond donors (Lipinski definition) is 2. The molecule has 0 spiro atoms. The van der Waals surface area contributed by atoms with Crippen LogP contribution in [0.1, 0.15) is 90.0 Å². The Balaban J connectivity index is 2.39. The molecular formula is C23H39N2O4+. The van der Waals surface area contributed by atoms with Crippen molar-refractivity contribution < 1.29 is 24.0 Å². The van der Waals surface area contributed by atoms with Crippen molar-refractivity contribution in [2.24, 2.45) is 5.73 Å². The molecule has 1 aromatic rings. The first-order valence-corrected chi connectivity index (χ1v) is 11.1. The van der Waals surface area contributed by atoms with Gasteiger partial charge in [-0.3, -0.25) is 9.59 Å². The summed E-state index contributed by atoms with van der Waals surface area (Å²) in [5.74, 6) is -0.917. The van der Waals surface area contributed by atoms with Crippen molar-refractivity contribution in [3.8, 4) is 0 Å². The molecule has 1 rings (SSSR count). The zero-order chi connectivity index (χ0) is 21.6. The number of aromatic nitrogens is 1. The van der Waals surface area contributed by atoms with E-state index >= 15 is 0 Å². The van der Waals surface area contributed by atoms with Crippen molar-refractivity contribution in [3.05, 3.63) is 30.1 Å². The molecule has 1 aromatic heterocycles. The summed E-state index contributed by atoms with van der Waals surface area (Å²) in [6.45, 7) is 6.83. The van der Waals surface area contributed by atoms with Crippen LogP contribution < -0.4 is 10.3 Å². The number of aryl methyl sites for hydroxylation is 1. The Bertz CT molecular complexity index is 595. The summed E-state index contributed by atoms with van der Waals surface area (Å²) in [5, 5.41) is 8.83. The molecular weight excluding hydrogens is 368 g/mol. The molecule has 6 nitrogen and oxygen atoms in total. The number of aliphatic carboxylic acids is 1. The number of carbonyl (C=O) groups excluding carboxylic acids is 1. The molecule has 0 aliphatic heterocycles. The number of carboxylic acids is 1. The van der Waals surface area contributed by atoms with Crippen molar-refractivity contribution in [1.82, 2.24) is 0 Å². The van der Waals surface area contributed by atoms with Crippen LogP contribution in [0, 0.1) is 0 Å². The van der Waals surface area contributed by atoms with E-state index in [2.05, 4.69) is 42.9 Å². The van der Waals surface area contributed by atoms with Crippen LogP contribution in [-0.2, 0) is 20.9 Å². The molecule has 6 heteroatoms. The Morgan fingerprint density at radius 1 is 1.07 bits per heavy atom. The lowest BCUT2D eigenvalue weighted by Gasteiger charge is -2.16. The fourth-order valence-electron chi connectivity index (χ4n) is 3.37. The average Bonchev–Trinajstić information content (AvgIpc) is 2.71. The molecule has 0 unspecified atom stereocenters. The molecule has 1 heterocycles. The van der Waals surface area contributed by atoms with Gasteiger partial charge in [0.15, 0.2) is 12.4 Å². The standard InChI is InChI=1S/C23H38N2O4/c1-4-6-10-19(11-7-5-2)20-13-16-25(17-14-20)15-9-8-12-21(26)29-18(3)22(24)23(27)28/h13-14,16-19,22H,4-12,15,24H2,1-3H3/p+1/t18-,22+/m1/s1. The number of unbranched alkanes of at least 4 members (excludes halogenated alkanes) is 3. The molecule has 3 N–H and O–H groups in total. The summed E-state index contributed by atoms with van der Waals surface area (Å²) >= 11 is 0. The van der Waals surface area contributed by atoms with Crippen LogP contribution >= 0.6 is 0 Å². The van der Waals surface area contributed by atoms with Crippen molar-refractivity contribution in [1.29, 1.82) is 0 Å². The van der Waals surface area contributed by atoms with Gasteiger partial charge in [-0.05, 0) is 37.7 Å². The van der Waals surface area contributed by atoms with Crippen LogP contribution in [-0.4, -0.2) is 29.2 Å². The van der Waals surface area contributed by atoms with E-state index in [1.165, 1.54) is 51.0 Å². The van der Waals surface area contributed by atoms with Gasteiger partial charge in [-0.2, -0.15) is 0 Å². The average molecular weight is 408 g/mol. The maximum Gasteiger partial charge on any atom is 0.324 e. The van der Waals surface area contributed by atoms with Crippen molar-refractivity contribution in [3.63, 3.8) is 0 Å². The number of nitrogens with zero attached hydrogens (tertiary/aromatic N) is 1. The van der Waals surface area contributed by atoms with Crippen LogP contribution in [0.25, 0.3) is 0 Å². The Labute approximate surface area is 175 Å². The molecule has 0 amide bonds. The van der Waals surface area contributed by atoms with Crippen LogP contribution in [0.15, 0.2) is 24.5 Å². The lowest BCUT2D eigenvalue weighted by atomic mass is 9.89. The predicted octanol–water partition coefficient (Wildman–Crippen LogP) is 3.95. The SMILES string of the molecule is CCCCC(CCCC)c1cc[n+](CCCCC(=O)O[C@H](C)[C@H](N)C(=O)O)cc1. The van der Waals surface area contributed by atoms with Crippen LogP contribution in [0.4, 0.5) is 0 Å². The monoisotopic (exact) mass is 407 g/mol. The molecule has 0 saturated carbocycles. The summed E-state index contributed by atoms with van der Waals surface area (Å²) in [6.07, 6.45) is 12.8. The third-order valence-corrected chi connectivity index (χ3v) is 5.36. The van der Waals surface area contributed by atoms with Gasteiger partial charge in [0.05, 0.1) is 0 Å². The molecule has 2 atom stereocenters. The van der Waals surface area contributed by atoms with E-state index in [9.17, 15) is 9.59 Å². The third-order valence-electron chi connectivity index (χ3n) is 5.36. The van der Waals surface area contributed by atoms with E-state index < -0.39 is 24.1 Å². The van der Waals surface area contributed by atoms with E-state index in [0.717, 1.165) is 13.0 Å².